The molecule has 0 saturated heterocycles. The van der Waals surface area contributed by atoms with E-state index in [4.69, 9.17) is 0 Å². The topological polar surface area (TPSA) is 57.6 Å². The SMILES string of the molecule is CN(C)c1ccc(/C=C/C(O)=C2C(=O)CC(C)(C)CC2=O)cc1. The molecule has 122 valence electrons. The van der Waals surface area contributed by atoms with E-state index in [0.717, 1.165) is 11.3 Å². The maximum atomic E-state index is 12.1. The number of aliphatic hydroxyl groups is 1. The van der Waals surface area contributed by atoms with Gasteiger partial charge >= 0.3 is 0 Å². The molecule has 0 atom stereocenters. The van der Waals surface area contributed by atoms with Crippen LogP contribution in [0.3, 0.4) is 0 Å². The number of ketones is 2. The summed E-state index contributed by atoms with van der Waals surface area (Å²) in [5.74, 6) is -0.806. The molecule has 1 saturated carbocycles. The standard InChI is InChI=1S/C19H23NO3/c1-19(2)11-16(22)18(17(23)12-19)15(21)10-7-13-5-8-14(9-6-13)20(3)4/h5-10,21H,11-12H2,1-4H3/b10-7+. The van der Waals surface area contributed by atoms with Crippen molar-refractivity contribution in [3.63, 3.8) is 0 Å². The van der Waals surface area contributed by atoms with Crippen LogP contribution in [0.2, 0.25) is 0 Å². The first-order chi connectivity index (χ1) is 10.7. The second-order valence-corrected chi connectivity index (χ2v) is 6.94. The summed E-state index contributed by atoms with van der Waals surface area (Å²) in [4.78, 5) is 26.2. The van der Waals surface area contributed by atoms with Crippen molar-refractivity contribution in [3.8, 4) is 0 Å². The molecule has 4 nitrogen and oxygen atoms in total. The monoisotopic (exact) mass is 313 g/mol. The number of carbonyl (C=O) groups is 2. The maximum absolute atomic E-state index is 12.1. The van der Waals surface area contributed by atoms with Crippen molar-refractivity contribution in [2.75, 3.05) is 19.0 Å². The highest BCUT2D eigenvalue weighted by molar-refractivity contribution is 6.22. The van der Waals surface area contributed by atoms with Crippen molar-refractivity contribution in [3.05, 3.63) is 47.2 Å². The van der Waals surface area contributed by atoms with E-state index in [1.54, 1.807) is 6.08 Å². The van der Waals surface area contributed by atoms with Gasteiger partial charge in [-0.1, -0.05) is 32.1 Å². The van der Waals surface area contributed by atoms with Crippen LogP contribution in [-0.4, -0.2) is 30.8 Å². The fourth-order valence-corrected chi connectivity index (χ4v) is 2.69. The van der Waals surface area contributed by atoms with Crippen molar-refractivity contribution in [1.29, 1.82) is 0 Å². The Balaban J connectivity index is 2.21. The maximum Gasteiger partial charge on any atom is 0.170 e. The summed E-state index contributed by atoms with van der Waals surface area (Å²) in [5, 5.41) is 10.1. The first kappa shape index (κ1) is 17.0. The Kier molecular flexibility index (Phi) is 4.73. The minimum Gasteiger partial charge on any atom is -0.507 e. The van der Waals surface area contributed by atoms with Crippen molar-refractivity contribution in [2.24, 2.45) is 5.41 Å². The molecule has 0 unspecified atom stereocenters. The van der Waals surface area contributed by atoms with Crippen LogP contribution in [0.1, 0.15) is 32.3 Å². The van der Waals surface area contributed by atoms with Crippen LogP contribution < -0.4 is 4.90 Å². The average molecular weight is 313 g/mol. The molecule has 0 aliphatic heterocycles. The molecule has 4 heteroatoms. The minimum absolute atomic E-state index is 0.0644. The molecular formula is C19H23NO3. The number of hydrogen-bond acceptors (Lipinski definition) is 4. The van der Waals surface area contributed by atoms with Gasteiger partial charge in [-0.25, -0.2) is 0 Å². The van der Waals surface area contributed by atoms with Crippen molar-refractivity contribution in [1.82, 2.24) is 0 Å². The number of allylic oxidation sites excluding steroid dienone is 2. The third-order valence-electron chi connectivity index (χ3n) is 3.94. The molecular weight excluding hydrogens is 290 g/mol. The Morgan fingerprint density at radius 3 is 2.09 bits per heavy atom. The summed E-state index contributed by atoms with van der Waals surface area (Å²) in [6.07, 6.45) is 3.68. The molecule has 0 bridgehead atoms. The molecule has 0 spiro atoms. The van der Waals surface area contributed by atoms with Gasteiger partial charge in [0.25, 0.3) is 0 Å². The largest absolute Gasteiger partial charge is 0.507 e. The van der Waals surface area contributed by atoms with E-state index in [2.05, 4.69) is 0 Å². The van der Waals surface area contributed by atoms with E-state index >= 15 is 0 Å². The molecule has 0 heterocycles. The van der Waals surface area contributed by atoms with E-state index in [1.807, 2.05) is 57.1 Å². The van der Waals surface area contributed by atoms with Crippen LogP contribution in [0.4, 0.5) is 5.69 Å². The normalized spacial score (nSPS) is 17.7. The average Bonchev–Trinajstić information content (AvgIpc) is 2.43. The van der Waals surface area contributed by atoms with Crippen LogP contribution >= 0.6 is 0 Å². The first-order valence-corrected chi connectivity index (χ1v) is 7.65. The van der Waals surface area contributed by atoms with Gasteiger partial charge in [-0.3, -0.25) is 9.59 Å². The highest BCUT2D eigenvalue weighted by atomic mass is 16.3. The van der Waals surface area contributed by atoms with Crippen molar-refractivity contribution < 1.29 is 14.7 Å². The molecule has 1 aliphatic carbocycles. The van der Waals surface area contributed by atoms with E-state index in [-0.39, 0.29) is 41.2 Å². The van der Waals surface area contributed by atoms with Gasteiger partial charge in [0, 0.05) is 32.6 Å². The third kappa shape index (κ3) is 4.09. The van der Waals surface area contributed by atoms with Gasteiger partial charge < -0.3 is 10.0 Å². The van der Waals surface area contributed by atoms with Gasteiger partial charge in [0.05, 0.1) is 0 Å². The molecule has 1 aromatic carbocycles. The summed E-state index contributed by atoms with van der Waals surface area (Å²) in [5.41, 5.74) is 1.57. The molecule has 1 fully saturated rings. The van der Waals surface area contributed by atoms with Crippen LogP contribution in [0.15, 0.2) is 41.7 Å². The van der Waals surface area contributed by atoms with E-state index in [9.17, 15) is 14.7 Å². The molecule has 1 aromatic rings. The van der Waals surface area contributed by atoms with Crippen LogP contribution in [0.25, 0.3) is 6.08 Å². The van der Waals surface area contributed by atoms with Crippen LogP contribution in [-0.2, 0) is 9.59 Å². The fourth-order valence-electron chi connectivity index (χ4n) is 2.69. The minimum atomic E-state index is -0.330. The summed E-state index contributed by atoms with van der Waals surface area (Å²) >= 11 is 0. The number of hydrogen-bond donors (Lipinski definition) is 1. The lowest BCUT2D eigenvalue weighted by atomic mass is 9.74. The van der Waals surface area contributed by atoms with Crippen molar-refractivity contribution in [2.45, 2.75) is 26.7 Å². The highest BCUT2D eigenvalue weighted by Crippen LogP contribution is 2.34. The molecule has 2 rings (SSSR count). The molecule has 0 radical (unpaired) electrons. The third-order valence-corrected chi connectivity index (χ3v) is 3.94. The second-order valence-electron chi connectivity index (χ2n) is 6.94. The summed E-state index contributed by atoms with van der Waals surface area (Å²) in [6, 6.07) is 7.75. The quantitative estimate of drug-likeness (QED) is 0.527. The number of rotatable bonds is 3. The van der Waals surface area contributed by atoms with Gasteiger partial charge in [-0.15, -0.1) is 0 Å². The van der Waals surface area contributed by atoms with Gasteiger partial charge in [-0.05, 0) is 29.2 Å². The zero-order valence-corrected chi connectivity index (χ0v) is 14.1. The van der Waals surface area contributed by atoms with Crippen molar-refractivity contribution >= 4 is 23.3 Å². The molecule has 0 amide bonds. The summed E-state index contributed by atoms with van der Waals surface area (Å²) in [6.45, 7) is 3.78. The Morgan fingerprint density at radius 1 is 1.09 bits per heavy atom. The Labute approximate surface area is 137 Å². The molecule has 1 N–H and O–H groups in total. The highest BCUT2D eigenvalue weighted by Gasteiger charge is 2.37. The number of benzene rings is 1. The lowest BCUT2D eigenvalue weighted by molar-refractivity contribution is -0.127. The van der Waals surface area contributed by atoms with Crippen LogP contribution in [0.5, 0.6) is 0 Å². The first-order valence-electron chi connectivity index (χ1n) is 7.65. The fraction of sp³-hybridized carbons (Fsp3) is 0.368. The number of Topliss-reactive ketones (excluding diaryl/α,β-unsaturated/α-hetero) is 2. The van der Waals surface area contributed by atoms with E-state index in [0.29, 0.717) is 0 Å². The lowest BCUT2D eigenvalue weighted by Gasteiger charge is -2.28. The number of carbonyl (C=O) groups excluding carboxylic acids is 2. The Bertz CT molecular complexity index is 657. The van der Waals surface area contributed by atoms with Crippen LogP contribution in [0, 0.1) is 5.41 Å². The van der Waals surface area contributed by atoms with Gasteiger partial charge in [0.2, 0.25) is 0 Å². The Hall–Kier alpha value is -2.36. The summed E-state index contributed by atoms with van der Waals surface area (Å²) < 4.78 is 0. The molecule has 23 heavy (non-hydrogen) atoms. The summed E-state index contributed by atoms with van der Waals surface area (Å²) in [7, 11) is 3.92. The zero-order chi connectivity index (χ0) is 17.2. The molecule has 0 aromatic heterocycles. The van der Waals surface area contributed by atoms with E-state index in [1.165, 1.54) is 6.08 Å². The predicted molar refractivity (Wildman–Crippen MR) is 92.5 cm³/mol. The number of anilines is 1. The zero-order valence-electron chi connectivity index (χ0n) is 14.1. The second kappa shape index (κ2) is 6.41. The number of aliphatic hydroxyl groups excluding tert-OH is 1. The van der Waals surface area contributed by atoms with Gasteiger partial charge in [0.1, 0.15) is 11.3 Å². The number of nitrogens with zero attached hydrogens (tertiary/aromatic N) is 1. The Morgan fingerprint density at radius 2 is 1.61 bits per heavy atom. The lowest BCUT2D eigenvalue weighted by Crippen LogP contribution is -2.32. The van der Waals surface area contributed by atoms with E-state index < -0.39 is 0 Å². The smallest absolute Gasteiger partial charge is 0.170 e. The predicted octanol–water partition coefficient (Wildman–Crippen LogP) is 3.54. The molecule has 1 aliphatic rings. The van der Waals surface area contributed by atoms with Gasteiger partial charge in [0.15, 0.2) is 11.6 Å². The van der Waals surface area contributed by atoms with Gasteiger partial charge in [-0.2, -0.15) is 0 Å².